The van der Waals surface area contributed by atoms with Gasteiger partial charge in [-0.1, -0.05) is 13.8 Å². The molecule has 0 bridgehead atoms. The summed E-state index contributed by atoms with van der Waals surface area (Å²) in [7, 11) is 0. The smallest absolute Gasteiger partial charge is 0.250 e. The van der Waals surface area contributed by atoms with Gasteiger partial charge in [-0.2, -0.15) is 0 Å². The summed E-state index contributed by atoms with van der Waals surface area (Å²) < 4.78 is 0. The summed E-state index contributed by atoms with van der Waals surface area (Å²) in [4.78, 5) is 11.3. The van der Waals surface area contributed by atoms with Gasteiger partial charge in [0.1, 0.15) is 6.10 Å². The van der Waals surface area contributed by atoms with Crippen LogP contribution in [0.1, 0.15) is 26.7 Å². The first kappa shape index (κ1) is 17.4. The molecule has 6 heteroatoms. The molecule has 4 nitrogen and oxygen atoms in total. The maximum atomic E-state index is 11.3. The van der Waals surface area contributed by atoms with E-state index in [9.17, 15) is 9.90 Å². The third-order valence-corrected chi connectivity index (χ3v) is 2.33. The van der Waals surface area contributed by atoms with Gasteiger partial charge in [0.05, 0.1) is 0 Å². The first-order valence-corrected chi connectivity index (χ1v) is 4.76. The van der Waals surface area contributed by atoms with Gasteiger partial charge in [0.2, 0.25) is 0 Å². The molecule has 0 aromatic heterocycles. The summed E-state index contributed by atoms with van der Waals surface area (Å²) in [6, 6.07) is -0.194. The van der Waals surface area contributed by atoms with E-state index in [0.29, 0.717) is 0 Å². The summed E-state index contributed by atoms with van der Waals surface area (Å²) in [5.74, 6) is -0.219. The normalized spacial score (nSPS) is 18.5. The molecule has 0 aliphatic heterocycles. The van der Waals surface area contributed by atoms with Crippen molar-refractivity contribution in [3.63, 3.8) is 0 Å². The Morgan fingerprint density at radius 1 is 1.40 bits per heavy atom. The Bertz CT molecular complexity index is 199. The highest BCUT2D eigenvalue weighted by atomic mass is 35.5. The third-order valence-electron chi connectivity index (χ3n) is 2.33. The maximum absolute atomic E-state index is 11.3. The molecule has 0 radical (unpaired) electrons. The Hall–Kier alpha value is -0.0300. The minimum atomic E-state index is -1.07. The van der Waals surface area contributed by atoms with Crippen molar-refractivity contribution in [2.45, 2.75) is 44.9 Å². The average Bonchev–Trinajstić information content (AvgIpc) is 2.85. The van der Waals surface area contributed by atoms with Gasteiger partial charge >= 0.3 is 0 Å². The van der Waals surface area contributed by atoms with Gasteiger partial charge in [-0.05, 0) is 18.8 Å². The molecule has 1 saturated carbocycles. The largest absolute Gasteiger partial charge is 0.382 e. The van der Waals surface area contributed by atoms with E-state index in [0.717, 1.165) is 12.8 Å². The quantitative estimate of drug-likeness (QED) is 0.686. The molecular formula is C9H20Cl2N2O2. The van der Waals surface area contributed by atoms with E-state index in [2.05, 4.69) is 5.32 Å². The van der Waals surface area contributed by atoms with E-state index >= 15 is 0 Å². The van der Waals surface area contributed by atoms with Crippen LogP contribution in [-0.2, 0) is 4.79 Å². The Kier molecular flexibility index (Phi) is 8.43. The lowest BCUT2D eigenvalue weighted by atomic mass is 9.99. The molecule has 1 amide bonds. The number of hydrogen-bond donors (Lipinski definition) is 3. The highest BCUT2D eigenvalue weighted by Gasteiger charge is 2.30. The number of carbonyl (C=O) groups excluding carboxylic acids is 1. The number of nitrogens with two attached hydrogens (primary N) is 1. The zero-order chi connectivity index (χ0) is 10.0. The van der Waals surface area contributed by atoms with Gasteiger partial charge in [-0.15, -0.1) is 24.8 Å². The van der Waals surface area contributed by atoms with E-state index in [1.807, 2.05) is 13.8 Å². The van der Waals surface area contributed by atoms with Gasteiger partial charge in [-0.25, -0.2) is 0 Å². The molecule has 1 rings (SSSR count). The molecule has 0 spiro atoms. The molecule has 92 valence electrons. The Morgan fingerprint density at radius 2 is 1.87 bits per heavy atom. The van der Waals surface area contributed by atoms with Crippen molar-refractivity contribution in [1.29, 1.82) is 0 Å². The van der Waals surface area contributed by atoms with Crippen molar-refractivity contribution >= 4 is 30.7 Å². The van der Waals surface area contributed by atoms with Crippen LogP contribution in [0.4, 0.5) is 0 Å². The lowest BCUT2D eigenvalue weighted by Crippen LogP contribution is -2.49. The minimum Gasteiger partial charge on any atom is -0.382 e. The fourth-order valence-electron chi connectivity index (χ4n) is 1.05. The average molecular weight is 259 g/mol. The zero-order valence-electron chi connectivity index (χ0n) is 8.97. The number of rotatable bonds is 4. The number of halogens is 2. The zero-order valence-corrected chi connectivity index (χ0v) is 10.6. The number of carbonyl (C=O) groups is 1. The standard InChI is InChI=1S/C9H18N2O2.2ClH/c1-5(2)7(10)8(12)9(13)11-6-3-4-6;;/h5-8,12H,3-4,10H2,1-2H3,(H,11,13);2*1H/t7-,8-;;/m0../s1. The van der Waals surface area contributed by atoms with E-state index in [1.54, 1.807) is 0 Å². The third kappa shape index (κ3) is 5.56. The van der Waals surface area contributed by atoms with Crippen molar-refractivity contribution in [3.8, 4) is 0 Å². The topological polar surface area (TPSA) is 75.3 Å². The van der Waals surface area contributed by atoms with Crippen LogP contribution in [-0.4, -0.2) is 29.2 Å². The molecule has 1 aliphatic carbocycles. The van der Waals surface area contributed by atoms with E-state index in [1.165, 1.54) is 0 Å². The first-order valence-electron chi connectivity index (χ1n) is 4.76. The number of aliphatic hydroxyl groups excluding tert-OH is 1. The predicted molar refractivity (Wildman–Crippen MR) is 64.5 cm³/mol. The van der Waals surface area contributed by atoms with Crippen molar-refractivity contribution in [2.75, 3.05) is 0 Å². The van der Waals surface area contributed by atoms with Gasteiger partial charge in [0.15, 0.2) is 0 Å². The molecule has 0 aromatic carbocycles. The molecule has 0 unspecified atom stereocenters. The van der Waals surface area contributed by atoms with Crippen LogP contribution >= 0.6 is 24.8 Å². The molecule has 2 atom stereocenters. The van der Waals surface area contributed by atoms with Crippen molar-refractivity contribution in [3.05, 3.63) is 0 Å². The highest BCUT2D eigenvalue weighted by molar-refractivity contribution is 5.85. The van der Waals surface area contributed by atoms with Gasteiger partial charge in [0.25, 0.3) is 5.91 Å². The van der Waals surface area contributed by atoms with E-state index in [-0.39, 0.29) is 42.7 Å². The van der Waals surface area contributed by atoms with Gasteiger partial charge in [0, 0.05) is 12.1 Å². The van der Waals surface area contributed by atoms with E-state index < -0.39 is 12.1 Å². The van der Waals surface area contributed by atoms with Crippen LogP contribution in [0.5, 0.6) is 0 Å². The highest BCUT2D eigenvalue weighted by Crippen LogP contribution is 2.19. The van der Waals surface area contributed by atoms with Crippen molar-refractivity contribution in [2.24, 2.45) is 11.7 Å². The minimum absolute atomic E-state index is 0. The molecule has 1 fully saturated rings. The second-order valence-electron chi connectivity index (χ2n) is 4.05. The Labute approximate surface area is 103 Å². The van der Waals surface area contributed by atoms with Crippen LogP contribution in [0.15, 0.2) is 0 Å². The summed E-state index contributed by atoms with van der Waals surface area (Å²) in [6.45, 7) is 3.77. The molecular weight excluding hydrogens is 239 g/mol. The van der Waals surface area contributed by atoms with Crippen molar-refractivity contribution < 1.29 is 9.90 Å². The Morgan fingerprint density at radius 3 is 2.20 bits per heavy atom. The fraction of sp³-hybridized carbons (Fsp3) is 0.889. The molecule has 1 aliphatic rings. The summed E-state index contributed by atoms with van der Waals surface area (Å²) in [5, 5.41) is 12.2. The van der Waals surface area contributed by atoms with Gasteiger partial charge in [-0.3, -0.25) is 4.79 Å². The number of nitrogens with one attached hydrogen (secondary N) is 1. The molecule has 4 N–H and O–H groups in total. The summed E-state index contributed by atoms with van der Waals surface area (Å²) in [6.07, 6.45) is 0.977. The van der Waals surface area contributed by atoms with Crippen LogP contribution in [0, 0.1) is 5.92 Å². The van der Waals surface area contributed by atoms with Crippen LogP contribution < -0.4 is 11.1 Å². The number of aliphatic hydroxyl groups is 1. The number of amides is 1. The monoisotopic (exact) mass is 258 g/mol. The SMILES string of the molecule is CC(C)[C@H](N)[C@H](O)C(=O)NC1CC1.Cl.Cl. The second kappa shape index (κ2) is 7.28. The molecule has 0 aromatic rings. The first-order chi connectivity index (χ1) is 6.02. The molecule has 0 saturated heterocycles. The lowest BCUT2D eigenvalue weighted by Gasteiger charge is -2.21. The van der Waals surface area contributed by atoms with Crippen molar-refractivity contribution in [1.82, 2.24) is 5.32 Å². The second-order valence-corrected chi connectivity index (χ2v) is 4.05. The predicted octanol–water partition coefficient (Wildman–Crippen LogP) is 0.453. The summed E-state index contributed by atoms with van der Waals surface area (Å²) >= 11 is 0. The lowest BCUT2D eigenvalue weighted by molar-refractivity contribution is -0.131. The van der Waals surface area contributed by atoms with Gasteiger partial charge < -0.3 is 16.2 Å². The van der Waals surface area contributed by atoms with Crippen LogP contribution in [0.3, 0.4) is 0 Å². The Balaban J connectivity index is 0. The van der Waals surface area contributed by atoms with Crippen LogP contribution in [0.25, 0.3) is 0 Å². The fourth-order valence-corrected chi connectivity index (χ4v) is 1.05. The van der Waals surface area contributed by atoms with E-state index in [4.69, 9.17) is 5.73 Å². The molecule has 15 heavy (non-hydrogen) atoms. The van der Waals surface area contributed by atoms with Crippen LogP contribution in [0.2, 0.25) is 0 Å². The number of hydrogen-bond acceptors (Lipinski definition) is 3. The maximum Gasteiger partial charge on any atom is 0.250 e. The summed E-state index contributed by atoms with van der Waals surface area (Å²) in [5.41, 5.74) is 5.65. The molecule has 0 heterocycles.